The van der Waals surface area contributed by atoms with Crippen molar-refractivity contribution in [3.63, 3.8) is 0 Å². The number of thioether (sulfide) groups is 1. The first-order valence-corrected chi connectivity index (χ1v) is 12.2. The molecule has 3 aromatic carbocycles. The van der Waals surface area contributed by atoms with Crippen molar-refractivity contribution in [2.24, 2.45) is 0 Å². The molecule has 0 fully saturated rings. The van der Waals surface area contributed by atoms with Crippen LogP contribution in [-0.4, -0.2) is 36.3 Å². The smallest absolute Gasteiger partial charge is 0.262 e. The van der Waals surface area contributed by atoms with Gasteiger partial charge in [-0.1, -0.05) is 90.6 Å². The quantitative estimate of drug-likeness (QED) is 0.262. The minimum absolute atomic E-state index is 0.0398. The Balaban J connectivity index is 1.37. The lowest BCUT2D eigenvalue weighted by Gasteiger charge is -2.23. The monoisotopic (exact) mass is 481 g/mol. The van der Waals surface area contributed by atoms with Gasteiger partial charge >= 0.3 is 0 Å². The van der Waals surface area contributed by atoms with E-state index in [4.69, 9.17) is 0 Å². The number of carbonyl (C=O) groups excluding carboxylic acids is 1. The Labute approximate surface area is 206 Å². The van der Waals surface area contributed by atoms with Crippen molar-refractivity contribution in [3.05, 3.63) is 119 Å². The summed E-state index contributed by atoms with van der Waals surface area (Å²) in [6, 6.07) is 29.3. The van der Waals surface area contributed by atoms with Gasteiger partial charge in [-0.15, -0.1) is 0 Å². The van der Waals surface area contributed by atoms with E-state index >= 15 is 0 Å². The van der Waals surface area contributed by atoms with Crippen molar-refractivity contribution >= 4 is 28.7 Å². The number of fused-ring (bicyclic) bond motifs is 1. The molecule has 0 unspecified atom stereocenters. The number of nitrogens with zero attached hydrogens (tertiary/aromatic N) is 4. The summed E-state index contributed by atoms with van der Waals surface area (Å²) in [5, 5.41) is 5.12. The molecular weight excluding hydrogens is 458 g/mol. The molecule has 0 aliphatic carbocycles. The molecule has 0 saturated heterocycles. The molecule has 0 spiro atoms. The maximum absolute atomic E-state index is 13.3. The van der Waals surface area contributed by atoms with E-state index in [0.29, 0.717) is 29.3 Å². The molecule has 35 heavy (non-hydrogen) atoms. The van der Waals surface area contributed by atoms with Gasteiger partial charge in [0, 0.05) is 13.1 Å². The minimum Gasteiger partial charge on any atom is -0.333 e. The summed E-state index contributed by atoms with van der Waals surface area (Å²) < 4.78 is 1.63. The number of aromatic nitrogens is 4. The highest BCUT2D eigenvalue weighted by Crippen LogP contribution is 2.19. The molecule has 2 heterocycles. The first kappa shape index (κ1) is 22.6. The molecule has 2 aromatic heterocycles. The van der Waals surface area contributed by atoms with Crippen LogP contribution in [0.2, 0.25) is 0 Å². The summed E-state index contributed by atoms with van der Waals surface area (Å²) in [4.78, 5) is 35.1. The van der Waals surface area contributed by atoms with Gasteiger partial charge in [0.1, 0.15) is 5.39 Å². The number of para-hydroxylation sites is 1. The minimum atomic E-state index is -0.280. The van der Waals surface area contributed by atoms with Crippen LogP contribution in [0.3, 0.4) is 0 Å². The molecule has 0 saturated carbocycles. The number of benzene rings is 3. The average Bonchev–Trinajstić information content (AvgIpc) is 3.33. The van der Waals surface area contributed by atoms with Crippen molar-refractivity contribution in [2.45, 2.75) is 18.2 Å². The predicted octanol–water partition coefficient (Wildman–Crippen LogP) is 4.43. The highest BCUT2D eigenvalue weighted by Gasteiger charge is 2.17. The van der Waals surface area contributed by atoms with Crippen LogP contribution in [0.4, 0.5) is 0 Å². The van der Waals surface area contributed by atoms with Crippen LogP contribution in [0.5, 0.6) is 0 Å². The number of amides is 1. The van der Waals surface area contributed by atoms with Crippen LogP contribution in [-0.2, 0) is 17.9 Å². The zero-order valence-electron chi connectivity index (χ0n) is 18.9. The normalized spacial score (nSPS) is 11.0. The summed E-state index contributed by atoms with van der Waals surface area (Å²) in [6.45, 7) is 0.998. The maximum atomic E-state index is 13.3. The molecule has 174 valence electrons. The molecule has 0 atom stereocenters. The Kier molecular flexibility index (Phi) is 6.72. The molecule has 5 rings (SSSR count). The number of hydrogen-bond acceptors (Lipinski definition) is 5. The molecule has 7 nitrogen and oxygen atoms in total. The van der Waals surface area contributed by atoms with Crippen LogP contribution in [0.15, 0.2) is 107 Å². The lowest BCUT2D eigenvalue weighted by atomic mass is 10.1. The zero-order valence-corrected chi connectivity index (χ0v) is 19.7. The molecule has 0 radical (unpaired) electrons. The van der Waals surface area contributed by atoms with Crippen molar-refractivity contribution in [1.82, 2.24) is 24.6 Å². The Morgan fingerprint density at radius 1 is 0.857 bits per heavy atom. The molecular formula is C27H23N5O2S. The maximum Gasteiger partial charge on any atom is 0.262 e. The van der Waals surface area contributed by atoms with Gasteiger partial charge in [-0.3, -0.25) is 9.59 Å². The Bertz CT molecular complexity index is 1440. The van der Waals surface area contributed by atoms with Gasteiger partial charge in [0.2, 0.25) is 5.91 Å². The summed E-state index contributed by atoms with van der Waals surface area (Å²) in [6.07, 6.45) is 1.51. The van der Waals surface area contributed by atoms with Gasteiger partial charge in [0.15, 0.2) is 10.8 Å². The number of carbonyl (C=O) groups is 1. The molecule has 1 amide bonds. The largest absolute Gasteiger partial charge is 0.333 e. The fourth-order valence-electron chi connectivity index (χ4n) is 3.79. The first-order valence-electron chi connectivity index (χ1n) is 11.2. The van der Waals surface area contributed by atoms with Crippen LogP contribution in [0.25, 0.3) is 16.7 Å². The first-order chi connectivity index (χ1) is 17.2. The molecule has 8 heteroatoms. The van der Waals surface area contributed by atoms with E-state index in [0.717, 1.165) is 16.8 Å². The third kappa shape index (κ3) is 5.33. The zero-order chi connectivity index (χ0) is 24.0. The number of H-pyrrole nitrogens is 1. The SMILES string of the molecule is O=C(CSc1nc2c(cnn2-c2ccccc2)c(=O)[nH]1)N(Cc1ccccc1)Cc1ccccc1. The van der Waals surface area contributed by atoms with Crippen molar-refractivity contribution in [1.29, 1.82) is 0 Å². The number of nitrogens with one attached hydrogen (secondary N) is 1. The average molecular weight is 482 g/mol. The van der Waals surface area contributed by atoms with Crippen molar-refractivity contribution < 1.29 is 4.79 Å². The highest BCUT2D eigenvalue weighted by molar-refractivity contribution is 7.99. The predicted molar refractivity (Wildman–Crippen MR) is 137 cm³/mol. The van der Waals surface area contributed by atoms with Crippen molar-refractivity contribution in [2.75, 3.05) is 5.75 Å². The number of aromatic amines is 1. The van der Waals surface area contributed by atoms with Gasteiger partial charge in [0.25, 0.3) is 5.56 Å². The molecule has 0 aliphatic rings. The third-order valence-electron chi connectivity index (χ3n) is 5.53. The van der Waals surface area contributed by atoms with E-state index in [2.05, 4.69) is 15.1 Å². The van der Waals surface area contributed by atoms with Gasteiger partial charge in [-0.05, 0) is 23.3 Å². The summed E-state index contributed by atoms with van der Waals surface area (Å²) >= 11 is 1.22. The fourth-order valence-corrected chi connectivity index (χ4v) is 4.54. The topological polar surface area (TPSA) is 83.9 Å². The van der Waals surface area contributed by atoms with Gasteiger partial charge in [-0.2, -0.15) is 5.10 Å². The number of hydrogen-bond donors (Lipinski definition) is 1. The van der Waals surface area contributed by atoms with E-state index in [1.807, 2.05) is 95.9 Å². The lowest BCUT2D eigenvalue weighted by molar-refractivity contribution is -0.129. The second-order valence-electron chi connectivity index (χ2n) is 8.01. The van der Waals surface area contributed by atoms with Crippen LogP contribution >= 0.6 is 11.8 Å². The standard InChI is InChI=1S/C27H23N5O2S/c33-24(31(17-20-10-4-1-5-11-20)18-21-12-6-2-7-13-21)19-35-27-29-25-23(26(34)30-27)16-28-32(25)22-14-8-3-9-15-22/h1-16H,17-19H2,(H,29,30,34). The Hall–Kier alpha value is -4.17. The van der Waals surface area contributed by atoms with E-state index in [9.17, 15) is 9.59 Å². The third-order valence-corrected chi connectivity index (χ3v) is 6.39. The second kappa shape index (κ2) is 10.4. The lowest BCUT2D eigenvalue weighted by Crippen LogP contribution is -2.31. The highest BCUT2D eigenvalue weighted by atomic mass is 32.2. The Morgan fingerprint density at radius 3 is 2.03 bits per heavy atom. The molecule has 1 N–H and O–H groups in total. The summed E-state index contributed by atoms with van der Waals surface area (Å²) in [5.74, 6) is 0.107. The van der Waals surface area contributed by atoms with Crippen molar-refractivity contribution in [3.8, 4) is 5.69 Å². The van der Waals surface area contributed by atoms with E-state index in [1.165, 1.54) is 18.0 Å². The Morgan fingerprint density at radius 2 is 1.43 bits per heavy atom. The second-order valence-corrected chi connectivity index (χ2v) is 8.97. The number of rotatable bonds is 8. The van der Waals surface area contributed by atoms with E-state index in [-0.39, 0.29) is 17.2 Å². The van der Waals surface area contributed by atoms with Gasteiger partial charge < -0.3 is 9.88 Å². The van der Waals surface area contributed by atoms with Gasteiger partial charge in [-0.25, -0.2) is 9.67 Å². The molecule has 0 bridgehead atoms. The fraction of sp³-hybridized carbons (Fsp3) is 0.111. The van der Waals surface area contributed by atoms with Gasteiger partial charge in [0.05, 0.1) is 17.6 Å². The summed E-state index contributed by atoms with van der Waals surface area (Å²) in [5.41, 5.74) is 3.10. The molecule has 5 aromatic rings. The summed E-state index contributed by atoms with van der Waals surface area (Å²) in [7, 11) is 0. The van der Waals surface area contributed by atoms with Crippen LogP contribution in [0.1, 0.15) is 11.1 Å². The van der Waals surface area contributed by atoms with Crippen LogP contribution in [0, 0.1) is 0 Å². The van der Waals surface area contributed by atoms with E-state index < -0.39 is 0 Å². The van der Waals surface area contributed by atoms with Crippen LogP contribution < -0.4 is 5.56 Å². The molecule has 0 aliphatic heterocycles. The van der Waals surface area contributed by atoms with E-state index in [1.54, 1.807) is 4.68 Å².